The molecule has 2 amide bonds. The maximum Gasteiger partial charge on any atom is 0.407 e. The minimum absolute atomic E-state index is 0.0483. The number of ether oxygens (including phenoxy) is 1. The zero-order valence-electron chi connectivity index (χ0n) is 19.5. The number of alkyl carbamates (subject to hydrolysis) is 1. The highest BCUT2D eigenvalue weighted by molar-refractivity contribution is 5.89. The number of hydrogen-bond acceptors (Lipinski definition) is 4. The molecule has 178 valence electrons. The van der Waals surface area contributed by atoms with E-state index in [4.69, 9.17) is 4.74 Å². The zero-order valence-corrected chi connectivity index (χ0v) is 19.5. The van der Waals surface area contributed by atoms with Crippen molar-refractivity contribution >= 4 is 18.0 Å². The Kier molecular flexibility index (Phi) is 8.69. The molecule has 7 heteroatoms. The van der Waals surface area contributed by atoms with Gasteiger partial charge in [-0.1, -0.05) is 68.3 Å². The molecule has 3 rings (SSSR count). The monoisotopic (exact) mass is 462 g/mol. The number of hydrogen-bond donors (Lipinski definition) is 3. The average molecular weight is 463 g/mol. The van der Waals surface area contributed by atoms with Gasteiger partial charge in [0.1, 0.15) is 18.7 Å². The van der Waals surface area contributed by atoms with Crippen LogP contribution in [0.15, 0.2) is 48.5 Å². The third kappa shape index (κ3) is 5.96. The third-order valence-corrected chi connectivity index (χ3v) is 5.90. The van der Waals surface area contributed by atoms with Gasteiger partial charge in [0.15, 0.2) is 0 Å². The first-order valence-electron chi connectivity index (χ1n) is 11.5. The Morgan fingerprint density at radius 1 is 1.00 bits per heavy atom. The molecular formula is C27H30N2O5. The van der Waals surface area contributed by atoms with E-state index in [9.17, 15) is 19.5 Å². The van der Waals surface area contributed by atoms with Crippen molar-refractivity contribution in [2.75, 3.05) is 6.61 Å². The fourth-order valence-corrected chi connectivity index (χ4v) is 4.13. The molecule has 0 bridgehead atoms. The van der Waals surface area contributed by atoms with Crippen LogP contribution in [0.25, 0.3) is 11.1 Å². The molecule has 1 aliphatic carbocycles. The van der Waals surface area contributed by atoms with E-state index in [-0.39, 0.29) is 18.9 Å². The van der Waals surface area contributed by atoms with Crippen molar-refractivity contribution in [2.24, 2.45) is 0 Å². The summed E-state index contributed by atoms with van der Waals surface area (Å²) in [5.41, 5.74) is 4.41. The summed E-state index contributed by atoms with van der Waals surface area (Å²) in [4.78, 5) is 36.8. The summed E-state index contributed by atoms with van der Waals surface area (Å²) in [6.45, 7) is 3.69. The molecule has 1 aliphatic rings. The SMILES string of the molecule is CC#CCC(NC(=O)OCC1c2ccccc2-c2ccccc21)C(=O)NC(CCCC)C(=O)O. The molecule has 2 aromatic rings. The van der Waals surface area contributed by atoms with E-state index >= 15 is 0 Å². The summed E-state index contributed by atoms with van der Waals surface area (Å²) in [5, 5.41) is 14.5. The Balaban J connectivity index is 1.65. The van der Waals surface area contributed by atoms with Crippen LogP contribution >= 0.6 is 0 Å². The fourth-order valence-electron chi connectivity index (χ4n) is 4.13. The molecule has 0 aliphatic heterocycles. The van der Waals surface area contributed by atoms with Crippen molar-refractivity contribution in [3.8, 4) is 23.0 Å². The lowest BCUT2D eigenvalue weighted by Crippen LogP contribution is -2.51. The summed E-state index contributed by atoms with van der Waals surface area (Å²) < 4.78 is 5.52. The van der Waals surface area contributed by atoms with Gasteiger partial charge in [-0.2, -0.15) is 0 Å². The van der Waals surface area contributed by atoms with Crippen LogP contribution in [0.5, 0.6) is 0 Å². The van der Waals surface area contributed by atoms with Crippen molar-refractivity contribution in [2.45, 2.75) is 57.5 Å². The summed E-state index contributed by atoms with van der Waals surface area (Å²) >= 11 is 0. The molecule has 0 saturated heterocycles. The van der Waals surface area contributed by atoms with Crippen LogP contribution in [-0.4, -0.2) is 41.8 Å². The Bertz CT molecular complexity index is 1060. The van der Waals surface area contributed by atoms with Gasteiger partial charge >= 0.3 is 12.1 Å². The van der Waals surface area contributed by atoms with Gasteiger partial charge in [-0.3, -0.25) is 4.79 Å². The van der Waals surface area contributed by atoms with Gasteiger partial charge in [0, 0.05) is 12.3 Å². The highest BCUT2D eigenvalue weighted by Gasteiger charge is 2.30. The van der Waals surface area contributed by atoms with Crippen molar-refractivity contribution in [1.82, 2.24) is 10.6 Å². The van der Waals surface area contributed by atoms with Crippen LogP contribution in [-0.2, 0) is 14.3 Å². The maximum absolute atomic E-state index is 12.7. The number of unbranched alkanes of at least 4 members (excludes halogenated alkanes) is 1. The van der Waals surface area contributed by atoms with Gasteiger partial charge in [0.25, 0.3) is 0 Å². The number of carbonyl (C=O) groups excluding carboxylic acids is 2. The number of carbonyl (C=O) groups is 3. The average Bonchev–Trinajstić information content (AvgIpc) is 3.16. The highest BCUT2D eigenvalue weighted by Crippen LogP contribution is 2.44. The van der Waals surface area contributed by atoms with Crippen molar-refractivity contribution in [3.63, 3.8) is 0 Å². The van der Waals surface area contributed by atoms with Gasteiger partial charge < -0.3 is 20.5 Å². The standard InChI is InChI=1S/C27H30N2O5/c1-3-5-15-23(25(30)28-24(26(31)32)16-6-4-2)29-27(33)34-17-22-20-13-9-7-11-18(20)19-12-8-10-14-21(19)22/h7-14,22-24H,4,6,15-17H2,1-2H3,(H,28,30)(H,29,33)(H,31,32). The Morgan fingerprint density at radius 2 is 1.62 bits per heavy atom. The van der Waals surface area contributed by atoms with Crippen LogP contribution in [0.4, 0.5) is 4.79 Å². The molecule has 0 fully saturated rings. The Morgan fingerprint density at radius 3 is 2.18 bits per heavy atom. The minimum atomic E-state index is -1.11. The molecular weight excluding hydrogens is 432 g/mol. The van der Waals surface area contributed by atoms with Crippen LogP contribution < -0.4 is 10.6 Å². The molecule has 34 heavy (non-hydrogen) atoms. The van der Waals surface area contributed by atoms with E-state index in [0.717, 1.165) is 28.7 Å². The van der Waals surface area contributed by atoms with Gasteiger partial charge in [-0.05, 0) is 35.6 Å². The number of carboxylic acids is 1. The Labute approximate surface area is 199 Å². The van der Waals surface area contributed by atoms with E-state index in [1.807, 2.05) is 43.3 Å². The molecule has 0 radical (unpaired) electrons. The second-order valence-corrected chi connectivity index (χ2v) is 8.20. The molecule has 0 saturated carbocycles. The molecule has 0 aromatic heterocycles. The van der Waals surface area contributed by atoms with E-state index in [0.29, 0.717) is 12.8 Å². The Hall–Kier alpha value is -3.79. The smallest absolute Gasteiger partial charge is 0.407 e. The summed E-state index contributed by atoms with van der Waals surface area (Å²) in [6.07, 6.45) is 1.08. The maximum atomic E-state index is 12.7. The number of amides is 2. The van der Waals surface area contributed by atoms with E-state index in [2.05, 4.69) is 34.6 Å². The molecule has 2 aromatic carbocycles. The molecule has 7 nitrogen and oxygen atoms in total. The van der Waals surface area contributed by atoms with Crippen LogP contribution in [0.1, 0.15) is 56.6 Å². The fraction of sp³-hybridized carbons (Fsp3) is 0.370. The molecule has 2 atom stereocenters. The van der Waals surface area contributed by atoms with Crippen molar-refractivity contribution in [1.29, 1.82) is 0 Å². The number of fused-ring (bicyclic) bond motifs is 3. The third-order valence-electron chi connectivity index (χ3n) is 5.90. The number of aliphatic carboxylic acids is 1. The molecule has 0 heterocycles. The molecule has 0 spiro atoms. The van der Waals surface area contributed by atoms with Crippen LogP contribution in [0.3, 0.4) is 0 Å². The van der Waals surface area contributed by atoms with E-state index < -0.39 is 30.1 Å². The first kappa shape index (κ1) is 24.8. The van der Waals surface area contributed by atoms with Gasteiger partial charge in [0.2, 0.25) is 5.91 Å². The summed E-state index contributed by atoms with van der Waals surface area (Å²) in [6, 6.07) is 14.0. The number of carboxylic acid groups (broad SMARTS) is 1. The second kappa shape index (κ2) is 11.9. The highest BCUT2D eigenvalue weighted by atomic mass is 16.5. The molecule has 3 N–H and O–H groups in total. The van der Waals surface area contributed by atoms with Crippen molar-refractivity contribution < 1.29 is 24.2 Å². The lowest BCUT2D eigenvalue weighted by atomic mass is 9.98. The van der Waals surface area contributed by atoms with Crippen molar-refractivity contribution in [3.05, 3.63) is 59.7 Å². The lowest BCUT2D eigenvalue weighted by molar-refractivity contribution is -0.142. The predicted molar refractivity (Wildman–Crippen MR) is 129 cm³/mol. The summed E-state index contributed by atoms with van der Waals surface area (Å²) in [5.74, 6) is 3.66. The summed E-state index contributed by atoms with van der Waals surface area (Å²) in [7, 11) is 0. The molecule has 2 unspecified atom stereocenters. The minimum Gasteiger partial charge on any atom is -0.480 e. The number of benzene rings is 2. The normalized spacial score (nSPS) is 13.5. The second-order valence-electron chi connectivity index (χ2n) is 8.20. The van der Waals surface area contributed by atoms with E-state index in [1.54, 1.807) is 6.92 Å². The van der Waals surface area contributed by atoms with Crippen LogP contribution in [0, 0.1) is 11.8 Å². The van der Waals surface area contributed by atoms with Crippen LogP contribution in [0.2, 0.25) is 0 Å². The zero-order chi connectivity index (χ0) is 24.5. The van der Waals surface area contributed by atoms with Gasteiger partial charge in [-0.15, -0.1) is 11.8 Å². The quantitative estimate of drug-likeness (QED) is 0.462. The first-order chi connectivity index (χ1) is 16.5. The van der Waals surface area contributed by atoms with Gasteiger partial charge in [-0.25, -0.2) is 9.59 Å². The lowest BCUT2D eigenvalue weighted by Gasteiger charge is -2.21. The van der Waals surface area contributed by atoms with Gasteiger partial charge in [0.05, 0.1) is 0 Å². The van der Waals surface area contributed by atoms with E-state index in [1.165, 1.54) is 0 Å². The predicted octanol–water partition coefficient (Wildman–Crippen LogP) is 4.07. The topological polar surface area (TPSA) is 105 Å². The first-order valence-corrected chi connectivity index (χ1v) is 11.5. The largest absolute Gasteiger partial charge is 0.480 e. The number of nitrogens with one attached hydrogen (secondary N) is 2. The number of rotatable bonds is 10.